The average molecular weight is 346 g/mol. The van der Waals surface area contributed by atoms with Crippen LogP contribution in [0.15, 0.2) is 23.8 Å². The van der Waals surface area contributed by atoms with Crippen LogP contribution in [0.5, 0.6) is 5.75 Å². The highest BCUT2D eigenvalue weighted by atomic mass is 19.4. The lowest BCUT2D eigenvalue weighted by Gasteiger charge is -2.34. The molecule has 3 nitrogen and oxygen atoms in total. The molecule has 2 rings (SSSR count). The number of para-hydroxylation sites is 1. The van der Waals surface area contributed by atoms with Crippen molar-refractivity contribution < 1.29 is 31.8 Å². The van der Waals surface area contributed by atoms with Crippen LogP contribution in [0.4, 0.5) is 17.6 Å². The van der Waals surface area contributed by atoms with Crippen LogP contribution in [0.2, 0.25) is 0 Å². The maximum absolute atomic E-state index is 14.0. The van der Waals surface area contributed by atoms with Gasteiger partial charge in [-0.15, -0.1) is 0 Å². The second kappa shape index (κ2) is 6.45. The van der Waals surface area contributed by atoms with Gasteiger partial charge in [0, 0.05) is 24.5 Å². The SMILES string of the molecule is CCC1=C(c2cccc(F)c2OC)C(OC(C)=O)(C(F)(F)F)CC1. The van der Waals surface area contributed by atoms with E-state index in [1.807, 2.05) is 0 Å². The first-order valence-corrected chi connectivity index (χ1v) is 7.49. The number of carbonyl (C=O) groups excluding carboxylic acids is 1. The van der Waals surface area contributed by atoms with Crippen molar-refractivity contribution in [3.05, 3.63) is 35.2 Å². The smallest absolute Gasteiger partial charge is 0.432 e. The Morgan fingerprint density at radius 2 is 2.00 bits per heavy atom. The molecule has 1 atom stereocenters. The molecule has 132 valence electrons. The van der Waals surface area contributed by atoms with E-state index in [0.29, 0.717) is 12.0 Å². The maximum Gasteiger partial charge on any atom is 0.432 e. The number of allylic oxidation sites excluding steroid dienone is 1. The average Bonchev–Trinajstić information content (AvgIpc) is 2.85. The van der Waals surface area contributed by atoms with Crippen molar-refractivity contribution in [3.8, 4) is 5.75 Å². The van der Waals surface area contributed by atoms with E-state index in [1.165, 1.54) is 19.2 Å². The number of hydrogen-bond acceptors (Lipinski definition) is 3. The van der Waals surface area contributed by atoms with Gasteiger partial charge in [0.25, 0.3) is 0 Å². The Bertz CT molecular complexity index is 679. The van der Waals surface area contributed by atoms with Gasteiger partial charge < -0.3 is 9.47 Å². The normalized spacial score (nSPS) is 21.1. The Kier molecular flexibility index (Phi) is 4.92. The second-order valence-electron chi connectivity index (χ2n) is 5.57. The van der Waals surface area contributed by atoms with Crippen molar-refractivity contribution in [1.82, 2.24) is 0 Å². The number of benzene rings is 1. The van der Waals surface area contributed by atoms with Crippen LogP contribution >= 0.6 is 0 Å². The Hall–Kier alpha value is -2.05. The fourth-order valence-corrected chi connectivity index (χ4v) is 3.23. The molecular weight excluding hydrogens is 328 g/mol. The quantitative estimate of drug-likeness (QED) is 0.588. The summed E-state index contributed by atoms with van der Waals surface area (Å²) < 4.78 is 65.5. The largest absolute Gasteiger partial charge is 0.493 e. The summed E-state index contributed by atoms with van der Waals surface area (Å²) in [4.78, 5) is 11.4. The number of rotatable bonds is 4. The van der Waals surface area contributed by atoms with E-state index in [-0.39, 0.29) is 23.3 Å². The number of methoxy groups -OCH3 is 1. The van der Waals surface area contributed by atoms with Gasteiger partial charge in [0.1, 0.15) is 0 Å². The third-order valence-corrected chi connectivity index (χ3v) is 4.18. The van der Waals surface area contributed by atoms with Crippen molar-refractivity contribution in [2.75, 3.05) is 7.11 Å². The first-order valence-electron chi connectivity index (χ1n) is 7.49. The monoisotopic (exact) mass is 346 g/mol. The van der Waals surface area contributed by atoms with Crippen molar-refractivity contribution >= 4 is 11.5 Å². The molecule has 0 saturated carbocycles. The van der Waals surface area contributed by atoms with Gasteiger partial charge in [-0.3, -0.25) is 4.79 Å². The lowest BCUT2D eigenvalue weighted by Crippen LogP contribution is -2.48. The molecule has 0 aliphatic heterocycles. The summed E-state index contributed by atoms with van der Waals surface area (Å²) in [5, 5.41) is 0. The fourth-order valence-electron chi connectivity index (χ4n) is 3.23. The molecule has 1 aromatic rings. The zero-order chi connectivity index (χ0) is 18.1. The highest BCUT2D eigenvalue weighted by Crippen LogP contribution is 2.55. The van der Waals surface area contributed by atoms with Crippen LogP contribution in [-0.2, 0) is 9.53 Å². The summed E-state index contributed by atoms with van der Waals surface area (Å²) in [5.41, 5.74) is -2.57. The fraction of sp³-hybridized carbons (Fsp3) is 0.471. The summed E-state index contributed by atoms with van der Waals surface area (Å²) in [6.45, 7) is 2.64. The van der Waals surface area contributed by atoms with Crippen molar-refractivity contribution in [3.63, 3.8) is 0 Å². The summed E-state index contributed by atoms with van der Waals surface area (Å²) in [6, 6.07) is 3.76. The zero-order valence-electron chi connectivity index (χ0n) is 13.6. The van der Waals surface area contributed by atoms with E-state index < -0.39 is 30.0 Å². The zero-order valence-corrected chi connectivity index (χ0v) is 13.6. The lowest BCUT2D eigenvalue weighted by atomic mass is 9.87. The van der Waals surface area contributed by atoms with Gasteiger partial charge in [-0.2, -0.15) is 13.2 Å². The number of halogens is 4. The number of carbonyl (C=O) groups is 1. The Morgan fingerprint density at radius 1 is 1.33 bits per heavy atom. The Labute approximate surface area is 137 Å². The highest BCUT2D eigenvalue weighted by Gasteiger charge is 2.63. The van der Waals surface area contributed by atoms with Crippen LogP contribution < -0.4 is 4.74 Å². The molecule has 1 aromatic carbocycles. The van der Waals surface area contributed by atoms with Crippen molar-refractivity contribution in [2.24, 2.45) is 0 Å². The van der Waals surface area contributed by atoms with E-state index in [4.69, 9.17) is 9.47 Å². The first kappa shape index (κ1) is 18.3. The molecule has 1 unspecified atom stereocenters. The predicted molar refractivity (Wildman–Crippen MR) is 79.9 cm³/mol. The minimum Gasteiger partial charge on any atom is -0.493 e. The molecule has 0 N–H and O–H groups in total. The molecule has 1 aliphatic carbocycles. The van der Waals surface area contributed by atoms with Gasteiger partial charge >= 0.3 is 12.1 Å². The minimum atomic E-state index is -4.83. The third kappa shape index (κ3) is 2.87. The topological polar surface area (TPSA) is 35.5 Å². The van der Waals surface area contributed by atoms with Crippen LogP contribution in [0.3, 0.4) is 0 Å². The highest BCUT2D eigenvalue weighted by molar-refractivity contribution is 5.83. The Balaban J connectivity index is 2.78. The third-order valence-electron chi connectivity index (χ3n) is 4.18. The van der Waals surface area contributed by atoms with Crippen LogP contribution in [-0.4, -0.2) is 24.9 Å². The van der Waals surface area contributed by atoms with Crippen molar-refractivity contribution in [1.29, 1.82) is 0 Å². The van der Waals surface area contributed by atoms with E-state index in [1.54, 1.807) is 6.92 Å². The van der Waals surface area contributed by atoms with Gasteiger partial charge in [0.2, 0.25) is 5.60 Å². The van der Waals surface area contributed by atoms with Crippen molar-refractivity contribution in [2.45, 2.75) is 44.9 Å². The number of hydrogen-bond donors (Lipinski definition) is 0. The van der Waals surface area contributed by atoms with Gasteiger partial charge in [0.15, 0.2) is 11.6 Å². The molecule has 0 bridgehead atoms. The van der Waals surface area contributed by atoms with Gasteiger partial charge in [0.05, 0.1) is 7.11 Å². The van der Waals surface area contributed by atoms with Gasteiger partial charge in [-0.1, -0.05) is 24.6 Å². The number of esters is 1. The molecule has 1 aliphatic rings. The first-order chi connectivity index (χ1) is 11.2. The molecule has 7 heteroatoms. The van der Waals surface area contributed by atoms with Gasteiger partial charge in [-0.05, 0) is 18.9 Å². The van der Waals surface area contributed by atoms with Crippen LogP contribution in [0, 0.1) is 5.82 Å². The standard InChI is InChI=1S/C17H18F4O3/c1-4-11-8-9-16(17(19,20)21,24-10(2)22)14(11)12-6-5-7-13(18)15(12)23-3/h5-7H,4,8-9H2,1-3H3. The summed E-state index contributed by atoms with van der Waals surface area (Å²) in [7, 11) is 1.18. The molecule has 0 heterocycles. The molecule has 0 amide bonds. The van der Waals surface area contributed by atoms with E-state index in [2.05, 4.69) is 0 Å². The number of ether oxygens (including phenoxy) is 2. The van der Waals surface area contributed by atoms with Gasteiger partial charge in [-0.25, -0.2) is 4.39 Å². The molecule has 0 fully saturated rings. The minimum absolute atomic E-state index is 0.0366. The summed E-state index contributed by atoms with van der Waals surface area (Å²) in [5.74, 6) is -2.11. The summed E-state index contributed by atoms with van der Waals surface area (Å²) in [6.07, 6.45) is -4.82. The maximum atomic E-state index is 14.0. The lowest BCUT2D eigenvalue weighted by molar-refractivity contribution is -0.246. The molecular formula is C17H18F4O3. The van der Waals surface area contributed by atoms with E-state index >= 15 is 0 Å². The summed E-state index contributed by atoms with van der Waals surface area (Å²) >= 11 is 0. The molecule has 0 aromatic heterocycles. The molecule has 0 spiro atoms. The molecule has 0 radical (unpaired) electrons. The number of alkyl halides is 3. The Morgan fingerprint density at radius 3 is 2.50 bits per heavy atom. The van der Waals surface area contributed by atoms with E-state index in [0.717, 1.165) is 13.0 Å². The second-order valence-corrected chi connectivity index (χ2v) is 5.57. The van der Waals surface area contributed by atoms with Crippen LogP contribution in [0.25, 0.3) is 5.57 Å². The predicted octanol–water partition coefficient (Wildman–Crippen LogP) is 4.66. The molecule has 0 saturated heterocycles. The van der Waals surface area contributed by atoms with Crippen LogP contribution in [0.1, 0.15) is 38.7 Å². The molecule has 24 heavy (non-hydrogen) atoms. The van der Waals surface area contributed by atoms with E-state index in [9.17, 15) is 22.4 Å².